The van der Waals surface area contributed by atoms with Gasteiger partial charge in [-0.1, -0.05) is 30.7 Å². The Kier molecular flexibility index (Phi) is 6.34. The van der Waals surface area contributed by atoms with Crippen molar-refractivity contribution in [3.05, 3.63) is 29.3 Å². The van der Waals surface area contributed by atoms with E-state index in [0.29, 0.717) is 6.42 Å². The van der Waals surface area contributed by atoms with Crippen molar-refractivity contribution in [1.29, 1.82) is 0 Å². The summed E-state index contributed by atoms with van der Waals surface area (Å²) >= 11 is 6.25. The van der Waals surface area contributed by atoms with Crippen molar-refractivity contribution in [1.82, 2.24) is 10.6 Å². The molecule has 0 radical (unpaired) electrons. The van der Waals surface area contributed by atoms with Gasteiger partial charge in [0.2, 0.25) is 0 Å². The molecule has 6 heteroatoms. The van der Waals surface area contributed by atoms with E-state index < -0.39 is 0 Å². The lowest BCUT2D eigenvalue weighted by molar-refractivity contribution is 0.210. The number of amides is 2. The minimum Gasteiger partial charge on any atom is -0.394 e. The van der Waals surface area contributed by atoms with Gasteiger partial charge in [-0.25, -0.2) is 4.79 Å². The van der Waals surface area contributed by atoms with Crippen LogP contribution >= 0.6 is 11.6 Å². The van der Waals surface area contributed by atoms with Gasteiger partial charge in [0, 0.05) is 19.1 Å². The third-order valence-corrected chi connectivity index (χ3v) is 4.32. The zero-order valence-corrected chi connectivity index (χ0v) is 13.6. The quantitative estimate of drug-likeness (QED) is 0.779. The number of para-hydroxylation sites is 1. The van der Waals surface area contributed by atoms with Crippen molar-refractivity contribution in [2.24, 2.45) is 0 Å². The maximum atomic E-state index is 12.0. The molecule has 3 N–H and O–H groups in total. The molecule has 1 aliphatic rings. The van der Waals surface area contributed by atoms with E-state index in [-0.39, 0.29) is 24.7 Å². The van der Waals surface area contributed by atoms with Crippen molar-refractivity contribution in [3.63, 3.8) is 0 Å². The van der Waals surface area contributed by atoms with Gasteiger partial charge in [0.25, 0.3) is 0 Å². The van der Waals surface area contributed by atoms with Gasteiger partial charge in [0.15, 0.2) is 0 Å². The Morgan fingerprint density at radius 2 is 2.27 bits per heavy atom. The Morgan fingerprint density at radius 1 is 1.50 bits per heavy atom. The van der Waals surface area contributed by atoms with E-state index in [1.54, 1.807) is 0 Å². The molecule has 1 aromatic carbocycles. The van der Waals surface area contributed by atoms with Gasteiger partial charge in [-0.05, 0) is 31.4 Å². The lowest BCUT2D eigenvalue weighted by Gasteiger charge is -2.35. The van der Waals surface area contributed by atoms with Crippen molar-refractivity contribution in [3.8, 4) is 0 Å². The predicted molar refractivity (Wildman–Crippen MR) is 89.5 cm³/mol. The molecule has 1 fully saturated rings. The van der Waals surface area contributed by atoms with Gasteiger partial charge in [-0.2, -0.15) is 0 Å². The molecule has 2 atom stereocenters. The topological polar surface area (TPSA) is 64.6 Å². The van der Waals surface area contributed by atoms with E-state index in [4.69, 9.17) is 16.7 Å². The third kappa shape index (κ3) is 4.52. The maximum Gasteiger partial charge on any atom is 0.315 e. The molecule has 0 bridgehead atoms. The van der Waals surface area contributed by atoms with E-state index in [0.717, 1.165) is 36.6 Å². The molecule has 5 nitrogen and oxygen atoms in total. The van der Waals surface area contributed by atoms with Crippen molar-refractivity contribution >= 4 is 23.3 Å². The monoisotopic (exact) mass is 325 g/mol. The van der Waals surface area contributed by atoms with Gasteiger partial charge < -0.3 is 20.6 Å². The molecule has 0 saturated carbocycles. The van der Waals surface area contributed by atoms with Gasteiger partial charge in [-0.3, -0.25) is 0 Å². The minimum atomic E-state index is -0.216. The summed E-state index contributed by atoms with van der Waals surface area (Å²) in [5.74, 6) is 0. The number of piperidine rings is 1. The normalized spacial score (nSPS) is 19.6. The number of halogens is 1. The summed E-state index contributed by atoms with van der Waals surface area (Å²) in [7, 11) is 0. The first-order valence-electron chi connectivity index (χ1n) is 7.81. The van der Waals surface area contributed by atoms with Crippen LogP contribution in [0.5, 0.6) is 0 Å². The fraction of sp³-hybridized carbons (Fsp3) is 0.562. The van der Waals surface area contributed by atoms with Crippen LogP contribution in [0.15, 0.2) is 24.3 Å². The van der Waals surface area contributed by atoms with E-state index >= 15 is 0 Å². The molecule has 0 aliphatic carbocycles. The fourth-order valence-electron chi connectivity index (χ4n) is 2.71. The highest BCUT2D eigenvalue weighted by Gasteiger charge is 2.23. The Labute approximate surface area is 136 Å². The van der Waals surface area contributed by atoms with Gasteiger partial charge in [0.1, 0.15) is 0 Å². The highest BCUT2D eigenvalue weighted by Crippen LogP contribution is 2.27. The van der Waals surface area contributed by atoms with Crippen LogP contribution in [0.2, 0.25) is 5.02 Å². The van der Waals surface area contributed by atoms with Crippen LogP contribution in [0, 0.1) is 0 Å². The van der Waals surface area contributed by atoms with E-state index in [9.17, 15) is 4.79 Å². The Hall–Kier alpha value is -1.46. The number of rotatable bonds is 5. The number of hydrogen-bond acceptors (Lipinski definition) is 3. The summed E-state index contributed by atoms with van der Waals surface area (Å²) < 4.78 is 0. The number of urea groups is 1. The summed E-state index contributed by atoms with van der Waals surface area (Å²) in [6.07, 6.45) is 2.66. The standard InChI is InChI=1S/C16H24ClN3O2/c1-2-12(11-21)18-16(22)19-13-6-5-9-20(10-13)15-8-4-3-7-14(15)17/h3-4,7-8,12-13,21H,2,5-6,9-11H2,1H3,(H2,18,19,22). The first-order valence-corrected chi connectivity index (χ1v) is 8.19. The van der Waals surface area contributed by atoms with Crippen LogP contribution in [0.3, 0.4) is 0 Å². The third-order valence-electron chi connectivity index (χ3n) is 4.00. The summed E-state index contributed by atoms with van der Waals surface area (Å²) in [6.45, 7) is 3.58. The first-order chi connectivity index (χ1) is 10.6. The number of aliphatic hydroxyl groups is 1. The Balaban J connectivity index is 1.91. The van der Waals surface area contributed by atoms with E-state index in [1.807, 2.05) is 31.2 Å². The molecule has 22 heavy (non-hydrogen) atoms. The smallest absolute Gasteiger partial charge is 0.315 e. The average molecular weight is 326 g/mol. The highest BCUT2D eigenvalue weighted by molar-refractivity contribution is 6.33. The van der Waals surface area contributed by atoms with E-state index in [2.05, 4.69) is 15.5 Å². The lowest BCUT2D eigenvalue weighted by atomic mass is 10.0. The molecule has 1 aromatic rings. The number of anilines is 1. The predicted octanol–water partition coefficient (Wildman–Crippen LogP) is 2.38. The second-order valence-electron chi connectivity index (χ2n) is 5.64. The zero-order valence-electron chi connectivity index (χ0n) is 12.9. The summed E-state index contributed by atoms with van der Waals surface area (Å²) in [4.78, 5) is 14.2. The number of nitrogens with zero attached hydrogens (tertiary/aromatic N) is 1. The Bertz CT molecular complexity index is 494. The molecule has 1 saturated heterocycles. The molecular formula is C16H24ClN3O2. The largest absolute Gasteiger partial charge is 0.394 e. The van der Waals surface area contributed by atoms with E-state index in [1.165, 1.54) is 0 Å². The molecule has 122 valence electrons. The van der Waals surface area contributed by atoms with Crippen molar-refractivity contribution in [2.45, 2.75) is 38.3 Å². The number of hydrogen-bond donors (Lipinski definition) is 3. The molecule has 0 spiro atoms. The van der Waals surface area contributed by atoms with Crippen molar-refractivity contribution in [2.75, 3.05) is 24.6 Å². The fourth-order valence-corrected chi connectivity index (χ4v) is 2.97. The summed E-state index contributed by atoms with van der Waals surface area (Å²) in [6, 6.07) is 7.45. The van der Waals surface area contributed by atoms with Gasteiger partial charge in [0.05, 0.1) is 23.4 Å². The second kappa shape index (κ2) is 8.25. The zero-order chi connectivity index (χ0) is 15.9. The van der Waals surface area contributed by atoms with Crippen LogP contribution in [-0.2, 0) is 0 Å². The minimum absolute atomic E-state index is 0.0413. The van der Waals surface area contributed by atoms with Crippen LogP contribution in [0.1, 0.15) is 26.2 Å². The molecule has 2 rings (SSSR count). The molecule has 1 heterocycles. The summed E-state index contributed by atoms with van der Waals surface area (Å²) in [5.41, 5.74) is 1.01. The number of nitrogens with one attached hydrogen (secondary N) is 2. The number of carbonyl (C=O) groups is 1. The lowest BCUT2D eigenvalue weighted by Crippen LogP contribution is -2.52. The average Bonchev–Trinajstić information content (AvgIpc) is 2.53. The SMILES string of the molecule is CCC(CO)NC(=O)NC1CCCN(c2ccccc2Cl)C1. The van der Waals surface area contributed by atoms with Crippen LogP contribution in [0.4, 0.5) is 10.5 Å². The highest BCUT2D eigenvalue weighted by atomic mass is 35.5. The number of aliphatic hydroxyl groups excluding tert-OH is 1. The molecular weight excluding hydrogens is 302 g/mol. The van der Waals surface area contributed by atoms with Gasteiger partial charge >= 0.3 is 6.03 Å². The maximum absolute atomic E-state index is 12.0. The van der Waals surface area contributed by atoms with Crippen molar-refractivity contribution < 1.29 is 9.90 Å². The second-order valence-corrected chi connectivity index (χ2v) is 6.05. The molecule has 0 aromatic heterocycles. The number of carbonyl (C=O) groups excluding carboxylic acids is 1. The summed E-state index contributed by atoms with van der Waals surface area (Å²) in [5, 5.41) is 15.6. The van der Waals surface area contributed by atoms with Crippen LogP contribution < -0.4 is 15.5 Å². The first kappa shape index (κ1) is 16.9. The Morgan fingerprint density at radius 3 is 2.95 bits per heavy atom. The molecule has 2 unspecified atom stereocenters. The van der Waals surface area contributed by atoms with Crippen LogP contribution in [-0.4, -0.2) is 42.9 Å². The van der Waals surface area contributed by atoms with Gasteiger partial charge in [-0.15, -0.1) is 0 Å². The van der Waals surface area contributed by atoms with Crippen LogP contribution in [0.25, 0.3) is 0 Å². The number of benzene rings is 1. The molecule has 1 aliphatic heterocycles. The molecule has 2 amide bonds.